The van der Waals surface area contributed by atoms with Gasteiger partial charge in [0.1, 0.15) is 0 Å². The molecule has 1 aromatic heterocycles. The first-order valence-corrected chi connectivity index (χ1v) is 8.20. The highest BCUT2D eigenvalue weighted by atomic mass is 16.6. The normalized spacial score (nSPS) is 67.5. The molecule has 6 nitrogen and oxygen atoms in total. The Morgan fingerprint density at radius 1 is 0.952 bits per heavy atom. The van der Waals surface area contributed by atoms with Crippen molar-refractivity contribution in [3.63, 3.8) is 0 Å². The van der Waals surface area contributed by atoms with Crippen LogP contribution in [0.1, 0.15) is 24.9 Å². The van der Waals surface area contributed by atoms with Crippen LogP contribution in [0.25, 0.3) is 0 Å². The number of fused-ring (bicyclic) bond motifs is 1. The summed E-state index contributed by atoms with van der Waals surface area (Å²) in [5.41, 5.74) is 0.446. The molecule has 3 aliphatic heterocycles. The van der Waals surface area contributed by atoms with Crippen LogP contribution in [0.15, 0.2) is 9.59 Å². The van der Waals surface area contributed by atoms with Crippen LogP contribution in [0.5, 0.6) is 0 Å². The molecule has 2 bridgehead atoms. The number of hydrogen-bond acceptors (Lipinski definition) is 3. The average molecular weight is 285 g/mol. The quantitative estimate of drug-likeness (QED) is 0.604. The van der Waals surface area contributed by atoms with E-state index in [2.05, 4.69) is 0 Å². The summed E-state index contributed by atoms with van der Waals surface area (Å²) < 4.78 is 10.9. The Morgan fingerprint density at radius 3 is 1.90 bits per heavy atom. The van der Waals surface area contributed by atoms with Gasteiger partial charge in [-0.15, -0.1) is 0 Å². The van der Waals surface area contributed by atoms with E-state index in [4.69, 9.17) is 4.74 Å². The summed E-state index contributed by atoms with van der Waals surface area (Å²) >= 11 is 0. The molecule has 2 spiro atoms. The minimum Gasteiger partial charge on any atom is -0.370 e. The first kappa shape index (κ1) is 9.66. The molecule has 0 radical (unpaired) electrons. The number of hydrogen-bond donors (Lipinski definition) is 0. The molecule has 4 heterocycles. The molecule has 0 aromatic carbocycles. The van der Waals surface area contributed by atoms with Gasteiger partial charge in [0.15, 0.2) is 0 Å². The van der Waals surface area contributed by atoms with Crippen molar-refractivity contribution >= 4 is 0 Å². The van der Waals surface area contributed by atoms with E-state index in [0.29, 0.717) is 47.0 Å². The molecule has 0 unspecified atom stereocenters. The van der Waals surface area contributed by atoms with Crippen molar-refractivity contribution in [3.8, 4) is 0 Å². The predicted molar refractivity (Wildman–Crippen MR) is 68.7 cm³/mol. The lowest BCUT2D eigenvalue weighted by Gasteiger charge is -3.02. The van der Waals surface area contributed by atoms with E-state index < -0.39 is 0 Å². The number of aromatic nitrogens is 3. The minimum atomic E-state index is -0.0935. The van der Waals surface area contributed by atoms with Crippen molar-refractivity contribution < 1.29 is 4.74 Å². The predicted octanol–water partition coefficient (Wildman–Crippen LogP) is -0.503. The first-order valence-electron chi connectivity index (χ1n) is 8.20. The Hall–Kier alpha value is -1.30. The van der Waals surface area contributed by atoms with Crippen molar-refractivity contribution in [1.29, 1.82) is 0 Å². The van der Waals surface area contributed by atoms with Gasteiger partial charge in [-0.2, -0.15) is 0 Å². The van der Waals surface area contributed by atoms with Gasteiger partial charge < -0.3 is 4.74 Å². The van der Waals surface area contributed by atoms with Gasteiger partial charge in [-0.3, -0.25) is 0 Å². The molecule has 1 aromatic rings. The highest BCUT2D eigenvalue weighted by Gasteiger charge is 3.03. The lowest BCUT2D eigenvalue weighted by atomic mass is 9.04. The lowest BCUT2D eigenvalue weighted by molar-refractivity contribution is -0.557. The van der Waals surface area contributed by atoms with E-state index >= 15 is 0 Å². The van der Waals surface area contributed by atoms with Gasteiger partial charge >= 0.3 is 11.4 Å². The fourth-order valence-electron chi connectivity index (χ4n) is 8.81. The monoisotopic (exact) mass is 285 g/mol. The van der Waals surface area contributed by atoms with E-state index in [1.54, 1.807) is 7.05 Å². The summed E-state index contributed by atoms with van der Waals surface area (Å²) in [7, 11) is 1.63. The van der Waals surface area contributed by atoms with Crippen molar-refractivity contribution in [2.75, 3.05) is 0 Å². The van der Waals surface area contributed by atoms with E-state index in [1.807, 2.05) is 9.36 Å². The maximum atomic E-state index is 12.6. The number of ether oxygens (including phenoxy) is 1. The Bertz CT molecular complexity index is 854. The number of epoxide rings is 1. The highest BCUT2D eigenvalue weighted by Crippen LogP contribution is 3.04. The molecule has 0 amide bonds. The van der Waals surface area contributed by atoms with Crippen molar-refractivity contribution in [3.05, 3.63) is 21.0 Å². The number of rotatable bonds is 0. The van der Waals surface area contributed by atoms with Gasteiger partial charge in [0.2, 0.25) is 0 Å². The van der Waals surface area contributed by atoms with Gasteiger partial charge in [0.25, 0.3) is 0 Å². The van der Waals surface area contributed by atoms with Crippen LogP contribution in [0.3, 0.4) is 0 Å². The Kier molecular flexibility index (Phi) is 0.971. The van der Waals surface area contributed by atoms with Crippen molar-refractivity contribution in [2.45, 2.75) is 37.1 Å². The lowest BCUT2D eigenvalue weighted by Crippen LogP contribution is -3.01. The Labute approximate surface area is 119 Å². The van der Waals surface area contributed by atoms with Crippen LogP contribution in [-0.4, -0.2) is 26.1 Å². The molecule has 9 rings (SSSR count). The zero-order chi connectivity index (χ0) is 13.6. The van der Waals surface area contributed by atoms with Gasteiger partial charge in [0.05, 0.1) is 24.3 Å². The standard InChI is InChI=1S/C15H15N3O3/c1-16-12(19)17-10-6-7-9-8(6)14(10)2-4-5(21-4)3-15(9,14)11(7)18(17)13(16)20/h4-11H,2-3H2,1H3/t4-,5-,6-,7+,8-,9+,10+,11-,14+,15-/m1/s1. The molecular weight excluding hydrogens is 270 g/mol. The molecule has 5 saturated carbocycles. The van der Waals surface area contributed by atoms with Gasteiger partial charge in [-0.1, -0.05) is 0 Å². The second kappa shape index (κ2) is 2.11. The zero-order valence-corrected chi connectivity index (χ0v) is 11.6. The largest absolute Gasteiger partial charge is 0.370 e. The summed E-state index contributed by atoms with van der Waals surface area (Å²) in [6.07, 6.45) is 3.22. The third-order valence-corrected chi connectivity index (χ3v) is 8.99. The second-order valence-corrected chi connectivity index (χ2v) is 8.61. The summed E-state index contributed by atoms with van der Waals surface area (Å²) in [4.78, 5) is 25.1. The van der Waals surface area contributed by atoms with Crippen molar-refractivity contribution in [2.24, 2.45) is 41.5 Å². The van der Waals surface area contributed by atoms with Gasteiger partial charge in [0, 0.05) is 17.9 Å². The summed E-state index contributed by atoms with van der Waals surface area (Å²) in [5, 5.41) is 0. The topological polar surface area (TPSA) is 61.5 Å². The number of nitrogens with zero attached hydrogens (tertiary/aromatic N) is 3. The second-order valence-electron chi connectivity index (χ2n) is 8.61. The van der Waals surface area contributed by atoms with Crippen LogP contribution >= 0.6 is 0 Å². The molecule has 6 fully saturated rings. The third-order valence-electron chi connectivity index (χ3n) is 8.99. The molecule has 21 heavy (non-hydrogen) atoms. The molecule has 1 saturated heterocycles. The Balaban J connectivity index is 1.53. The van der Waals surface area contributed by atoms with Crippen molar-refractivity contribution in [1.82, 2.24) is 13.9 Å². The van der Waals surface area contributed by atoms with Crippen LogP contribution in [0.4, 0.5) is 0 Å². The minimum absolute atomic E-state index is 0.0935. The molecule has 108 valence electrons. The highest BCUT2D eigenvalue weighted by molar-refractivity contribution is 5.50. The van der Waals surface area contributed by atoms with E-state index in [1.165, 1.54) is 4.57 Å². The Morgan fingerprint density at radius 2 is 1.43 bits per heavy atom. The maximum absolute atomic E-state index is 12.6. The van der Waals surface area contributed by atoms with E-state index in [0.717, 1.165) is 24.7 Å². The smallest absolute Gasteiger partial charge is 0.347 e. The van der Waals surface area contributed by atoms with Gasteiger partial charge in [-0.05, 0) is 36.5 Å². The average Bonchev–Trinajstić information content (AvgIpc) is 3.15. The fourth-order valence-corrected chi connectivity index (χ4v) is 8.81. The third kappa shape index (κ3) is 0.525. The molecule has 8 aliphatic rings. The SMILES string of the molecule is Cn1c(=O)n2n(c1=O)[C@@H]1[C@H]3[C@@H]4[C@@H]5[C@H]3[C@]13C[C@H]1O[C@@H]1C[C@@]53[C@H]42. The van der Waals surface area contributed by atoms with Crippen LogP contribution in [0, 0.1) is 34.5 Å². The maximum Gasteiger partial charge on any atom is 0.347 e. The van der Waals surface area contributed by atoms with E-state index in [-0.39, 0.29) is 11.4 Å². The first-order chi connectivity index (χ1) is 10.1. The molecule has 10 atom stereocenters. The summed E-state index contributed by atoms with van der Waals surface area (Å²) in [5.74, 6) is 3.09. The van der Waals surface area contributed by atoms with Gasteiger partial charge in [-0.25, -0.2) is 23.5 Å². The van der Waals surface area contributed by atoms with Crippen LogP contribution in [-0.2, 0) is 11.8 Å². The molecule has 5 aliphatic carbocycles. The molecule has 0 N–H and O–H groups in total. The molecular formula is C15H15N3O3. The summed E-state index contributed by atoms with van der Waals surface area (Å²) in [6, 6.07) is 0.600. The fraction of sp³-hybridized carbons (Fsp3) is 0.867. The van der Waals surface area contributed by atoms with Crippen LogP contribution in [0.2, 0.25) is 0 Å². The zero-order valence-electron chi connectivity index (χ0n) is 11.6. The van der Waals surface area contributed by atoms with Crippen LogP contribution < -0.4 is 11.4 Å². The summed E-state index contributed by atoms with van der Waals surface area (Å²) in [6.45, 7) is 0. The molecule has 6 heteroatoms. The van der Waals surface area contributed by atoms with E-state index in [9.17, 15) is 9.59 Å².